The van der Waals surface area contributed by atoms with Gasteiger partial charge in [0.15, 0.2) is 0 Å². The van der Waals surface area contributed by atoms with Crippen LogP contribution in [0.5, 0.6) is 0 Å². The average Bonchev–Trinajstić information content (AvgIpc) is 2.41. The maximum absolute atomic E-state index is 12.0. The molecule has 0 aromatic heterocycles. The molecule has 0 spiro atoms. The van der Waals surface area contributed by atoms with E-state index >= 15 is 0 Å². The third-order valence-electron chi connectivity index (χ3n) is 2.73. The SMILES string of the molecule is NC(=O)c1cc(N)ccc1NC(=O)c1ccc(N)cc1. The molecule has 0 bridgehead atoms. The second-order valence-electron chi connectivity index (χ2n) is 4.25. The van der Waals surface area contributed by atoms with E-state index in [9.17, 15) is 9.59 Å². The van der Waals surface area contributed by atoms with Crippen LogP contribution in [0.25, 0.3) is 0 Å². The van der Waals surface area contributed by atoms with Crippen molar-refractivity contribution < 1.29 is 9.59 Å². The fourth-order valence-corrected chi connectivity index (χ4v) is 1.70. The second-order valence-corrected chi connectivity index (χ2v) is 4.25. The van der Waals surface area contributed by atoms with Crippen molar-refractivity contribution in [3.05, 3.63) is 53.6 Å². The van der Waals surface area contributed by atoms with Gasteiger partial charge in [-0.1, -0.05) is 0 Å². The fraction of sp³-hybridized carbons (Fsp3) is 0. The van der Waals surface area contributed by atoms with Crippen LogP contribution in [0.3, 0.4) is 0 Å². The molecule has 2 aromatic rings. The predicted octanol–water partition coefficient (Wildman–Crippen LogP) is 1.20. The lowest BCUT2D eigenvalue weighted by Gasteiger charge is -2.10. The number of rotatable bonds is 3. The Morgan fingerprint density at radius 3 is 2.10 bits per heavy atom. The highest BCUT2D eigenvalue weighted by molar-refractivity contribution is 6.09. The second kappa shape index (κ2) is 5.31. The lowest BCUT2D eigenvalue weighted by Crippen LogP contribution is -2.18. The first-order valence-corrected chi connectivity index (χ1v) is 5.83. The average molecular weight is 270 g/mol. The summed E-state index contributed by atoms with van der Waals surface area (Å²) in [7, 11) is 0. The molecule has 102 valence electrons. The van der Waals surface area contributed by atoms with Crippen LogP contribution in [0.4, 0.5) is 17.1 Å². The molecule has 0 unspecified atom stereocenters. The first kappa shape index (κ1) is 13.4. The smallest absolute Gasteiger partial charge is 0.255 e. The lowest BCUT2D eigenvalue weighted by molar-refractivity contribution is 0.100. The van der Waals surface area contributed by atoms with E-state index in [2.05, 4.69) is 5.32 Å². The van der Waals surface area contributed by atoms with E-state index in [4.69, 9.17) is 17.2 Å². The number of primary amides is 1. The van der Waals surface area contributed by atoms with Crippen molar-refractivity contribution in [2.24, 2.45) is 5.73 Å². The van der Waals surface area contributed by atoms with Gasteiger partial charge in [-0.05, 0) is 42.5 Å². The molecule has 6 nitrogen and oxygen atoms in total. The van der Waals surface area contributed by atoms with E-state index < -0.39 is 5.91 Å². The van der Waals surface area contributed by atoms with E-state index in [1.54, 1.807) is 30.3 Å². The van der Waals surface area contributed by atoms with Gasteiger partial charge in [0.1, 0.15) is 0 Å². The van der Waals surface area contributed by atoms with Crippen molar-refractivity contribution >= 4 is 28.9 Å². The first-order chi connectivity index (χ1) is 9.47. The molecule has 0 atom stereocenters. The maximum atomic E-state index is 12.0. The van der Waals surface area contributed by atoms with Crippen LogP contribution in [0.1, 0.15) is 20.7 Å². The minimum Gasteiger partial charge on any atom is -0.399 e. The van der Waals surface area contributed by atoms with Gasteiger partial charge in [-0.25, -0.2) is 0 Å². The van der Waals surface area contributed by atoms with Crippen molar-refractivity contribution in [1.29, 1.82) is 0 Å². The number of benzene rings is 2. The number of hydrogen-bond acceptors (Lipinski definition) is 4. The van der Waals surface area contributed by atoms with Gasteiger partial charge in [0.05, 0.1) is 11.3 Å². The molecule has 0 saturated carbocycles. The Labute approximate surface area is 115 Å². The quantitative estimate of drug-likeness (QED) is 0.625. The van der Waals surface area contributed by atoms with Crippen LogP contribution in [-0.4, -0.2) is 11.8 Å². The van der Waals surface area contributed by atoms with Crippen LogP contribution in [0.15, 0.2) is 42.5 Å². The van der Waals surface area contributed by atoms with Crippen molar-refractivity contribution in [3.8, 4) is 0 Å². The molecule has 0 aliphatic carbocycles. The number of amides is 2. The summed E-state index contributed by atoms with van der Waals surface area (Å²) in [5.41, 5.74) is 18.2. The van der Waals surface area contributed by atoms with Crippen LogP contribution in [0.2, 0.25) is 0 Å². The predicted molar refractivity (Wildman–Crippen MR) is 78.2 cm³/mol. The molecule has 2 aromatic carbocycles. The minimum atomic E-state index is -0.662. The number of nitrogen functional groups attached to an aromatic ring is 2. The maximum Gasteiger partial charge on any atom is 0.255 e. The first-order valence-electron chi connectivity index (χ1n) is 5.83. The van der Waals surface area contributed by atoms with Crippen LogP contribution >= 0.6 is 0 Å². The highest BCUT2D eigenvalue weighted by Crippen LogP contribution is 2.19. The number of nitrogens with one attached hydrogen (secondary N) is 1. The summed E-state index contributed by atoms with van der Waals surface area (Å²) in [6, 6.07) is 10.9. The van der Waals surface area contributed by atoms with Crippen LogP contribution < -0.4 is 22.5 Å². The minimum absolute atomic E-state index is 0.161. The summed E-state index contributed by atoms with van der Waals surface area (Å²) in [4.78, 5) is 23.4. The zero-order valence-corrected chi connectivity index (χ0v) is 10.6. The number of carbonyl (C=O) groups excluding carboxylic acids is 2. The van der Waals surface area contributed by atoms with Gasteiger partial charge in [-0.2, -0.15) is 0 Å². The molecule has 7 N–H and O–H groups in total. The van der Waals surface area contributed by atoms with E-state index in [1.165, 1.54) is 12.1 Å². The van der Waals surface area contributed by atoms with Gasteiger partial charge in [-0.15, -0.1) is 0 Å². The Kier molecular flexibility index (Phi) is 3.56. The molecule has 2 rings (SSSR count). The summed E-state index contributed by atoms with van der Waals surface area (Å²) < 4.78 is 0. The molecule has 2 amide bonds. The Bertz CT molecular complexity index is 665. The monoisotopic (exact) mass is 270 g/mol. The Morgan fingerprint density at radius 2 is 1.50 bits per heavy atom. The summed E-state index contributed by atoms with van der Waals surface area (Å²) in [5.74, 6) is -1.03. The van der Waals surface area contributed by atoms with Crippen LogP contribution in [0, 0.1) is 0 Å². The zero-order chi connectivity index (χ0) is 14.7. The molecule has 6 heteroatoms. The summed E-state index contributed by atoms with van der Waals surface area (Å²) in [6.45, 7) is 0. The highest BCUT2D eigenvalue weighted by Gasteiger charge is 2.12. The number of carbonyl (C=O) groups is 2. The number of anilines is 3. The zero-order valence-electron chi connectivity index (χ0n) is 10.6. The highest BCUT2D eigenvalue weighted by atomic mass is 16.2. The topological polar surface area (TPSA) is 124 Å². The molecule has 20 heavy (non-hydrogen) atoms. The molecule has 0 fully saturated rings. The Morgan fingerprint density at radius 1 is 0.900 bits per heavy atom. The number of nitrogens with two attached hydrogens (primary N) is 3. The van der Waals surface area contributed by atoms with Crippen molar-refractivity contribution in [2.45, 2.75) is 0 Å². The van der Waals surface area contributed by atoms with Crippen molar-refractivity contribution in [3.63, 3.8) is 0 Å². The summed E-state index contributed by atoms with van der Waals surface area (Å²) >= 11 is 0. The lowest BCUT2D eigenvalue weighted by atomic mass is 10.1. The van der Waals surface area contributed by atoms with Crippen molar-refractivity contribution in [1.82, 2.24) is 0 Å². The number of hydrogen-bond donors (Lipinski definition) is 4. The van der Waals surface area contributed by atoms with Gasteiger partial charge in [0, 0.05) is 16.9 Å². The van der Waals surface area contributed by atoms with Gasteiger partial charge in [0.2, 0.25) is 0 Å². The molecular formula is C14H14N4O2. The summed E-state index contributed by atoms with van der Waals surface area (Å²) in [6.07, 6.45) is 0. The van der Waals surface area contributed by atoms with Gasteiger partial charge < -0.3 is 22.5 Å². The largest absolute Gasteiger partial charge is 0.399 e. The summed E-state index contributed by atoms with van der Waals surface area (Å²) in [5, 5.41) is 2.62. The van der Waals surface area contributed by atoms with E-state index in [0.29, 0.717) is 22.6 Å². The Hall–Kier alpha value is -3.02. The Balaban J connectivity index is 2.28. The third-order valence-corrected chi connectivity index (χ3v) is 2.73. The van der Waals surface area contributed by atoms with Gasteiger partial charge >= 0.3 is 0 Å². The molecule has 0 aliphatic rings. The van der Waals surface area contributed by atoms with Crippen molar-refractivity contribution in [2.75, 3.05) is 16.8 Å². The fourth-order valence-electron chi connectivity index (χ4n) is 1.70. The molecule has 0 radical (unpaired) electrons. The molecular weight excluding hydrogens is 256 g/mol. The molecule has 0 aliphatic heterocycles. The van der Waals surface area contributed by atoms with E-state index in [-0.39, 0.29) is 11.5 Å². The van der Waals surface area contributed by atoms with E-state index in [0.717, 1.165) is 0 Å². The normalized spacial score (nSPS) is 10.0. The third kappa shape index (κ3) is 2.86. The van der Waals surface area contributed by atoms with Crippen LogP contribution in [-0.2, 0) is 0 Å². The van der Waals surface area contributed by atoms with E-state index in [1.807, 2.05) is 0 Å². The molecule has 0 heterocycles. The molecule has 0 saturated heterocycles. The van der Waals surface area contributed by atoms with Gasteiger partial charge in [-0.3, -0.25) is 9.59 Å². The standard InChI is InChI=1S/C14H14N4O2/c15-9-3-1-8(2-4-9)14(20)18-12-6-5-10(16)7-11(12)13(17)19/h1-7H,15-16H2,(H2,17,19)(H,18,20). The van der Waals surface area contributed by atoms with Gasteiger partial charge in [0.25, 0.3) is 11.8 Å².